The number of rotatable bonds is 6. The average Bonchev–Trinajstić information content (AvgIpc) is 3.43. The van der Waals surface area contributed by atoms with Crippen molar-refractivity contribution in [2.45, 2.75) is 95.5 Å². The fourth-order valence-corrected chi connectivity index (χ4v) is 8.00. The summed E-state index contributed by atoms with van der Waals surface area (Å²) >= 11 is 3.09. The SMILES string of the molecule is CCN(C(=O)[C@@H](C)Sc1nc2sc3c(c2c(=O)n1-c1cc(C)ccc1C)CCC3)C1CCCCC1. The first-order valence-electron chi connectivity index (χ1n) is 13.0. The van der Waals surface area contributed by atoms with Gasteiger partial charge in [-0.1, -0.05) is 43.2 Å². The molecule has 5 rings (SSSR count). The second-order valence-electron chi connectivity index (χ2n) is 10.0. The first-order chi connectivity index (χ1) is 16.9. The van der Waals surface area contributed by atoms with E-state index in [-0.39, 0.29) is 16.7 Å². The minimum atomic E-state index is -0.315. The average molecular weight is 510 g/mol. The Morgan fingerprint density at radius 1 is 1.20 bits per heavy atom. The zero-order valence-corrected chi connectivity index (χ0v) is 22.9. The molecule has 2 aliphatic carbocycles. The lowest BCUT2D eigenvalue weighted by molar-refractivity contribution is -0.133. The van der Waals surface area contributed by atoms with Gasteiger partial charge in [0.1, 0.15) is 4.83 Å². The molecule has 2 aromatic heterocycles. The van der Waals surface area contributed by atoms with Gasteiger partial charge in [-0.15, -0.1) is 11.3 Å². The van der Waals surface area contributed by atoms with Crippen LogP contribution in [0, 0.1) is 13.8 Å². The van der Waals surface area contributed by atoms with Crippen molar-refractivity contribution < 1.29 is 4.79 Å². The summed E-state index contributed by atoms with van der Waals surface area (Å²) in [4.78, 5) is 36.9. The van der Waals surface area contributed by atoms with Crippen molar-refractivity contribution in [3.05, 3.63) is 50.1 Å². The van der Waals surface area contributed by atoms with E-state index in [0.717, 1.165) is 65.7 Å². The number of hydrogen-bond acceptors (Lipinski definition) is 5. The molecule has 1 aromatic carbocycles. The molecule has 2 heterocycles. The van der Waals surface area contributed by atoms with Crippen LogP contribution in [0.15, 0.2) is 28.2 Å². The van der Waals surface area contributed by atoms with Crippen LogP contribution in [0.3, 0.4) is 0 Å². The third-order valence-corrected chi connectivity index (χ3v) is 9.81. The maximum absolute atomic E-state index is 14.0. The Bertz CT molecular complexity index is 1320. The number of thioether (sulfide) groups is 1. The fourth-order valence-electron chi connectivity index (χ4n) is 5.71. The summed E-state index contributed by atoms with van der Waals surface area (Å²) in [5.74, 6) is 0.153. The smallest absolute Gasteiger partial charge is 0.267 e. The van der Waals surface area contributed by atoms with Crippen LogP contribution in [0.1, 0.15) is 73.9 Å². The number of aromatic nitrogens is 2. The molecule has 3 aromatic rings. The first-order valence-corrected chi connectivity index (χ1v) is 14.7. The van der Waals surface area contributed by atoms with Gasteiger partial charge in [0.25, 0.3) is 5.56 Å². The molecule has 0 bridgehead atoms. The number of nitrogens with zero attached hydrogens (tertiary/aromatic N) is 3. The van der Waals surface area contributed by atoms with Crippen LogP contribution in [0.4, 0.5) is 0 Å². The molecular weight excluding hydrogens is 474 g/mol. The second kappa shape index (κ2) is 10.1. The lowest BCUT2D eigenvalue weighted by Gasteiger charge is -2.35. The summed E-state index contributed by atoms with van der Waals surface area (Å²) in [5.41, 5.74) is 4.19. The Kier molecular flexibility index (Phi) is 7.09. The van der Waals surface area contributed by atoms with Gasteiger partial charge >= 0.3 is 0 Å². The highest BCUT2D eigenvalue weighted by molar-refractivity contribution is 8.00. The van der Waals surface area contributed by atoms with E-state index in [0.29, 0.717) is 11.2 Å². The van der Waals surface area contributed by atoms with E-state index in [4.69, 9.17) is 4.98 Å². The largest absolute Gasteiger partial charge is 0.339 e. The van der Waals surface area contributed by atoms with Crippen LogP contribution in [0.25, 0.3) is 15.9 Å². The van der Waals surface area contributed by atoms with Gasteiger partial charge in [0.2, 0.25) is 5.91 Å². The Hall–Kier alpha value is -2.12. The molecule has 2 aliphatic rings. The van der Waals surface area contributed by atoms with Crippen molar-refractivity contribution >= 4 is 39.2 Å². The molecule has 1 amide bonds. The van der Waals surface area contributed by atoms with Crippen LogP contribution in [-0.4, -0.2) is 38.2 Å². The molecule has 0 radical (unpaired) electrons. The molecule has 186 valence electrons. The van der Waals surface area contributed by atoms with Crippen molar-refractivity contribution in [2.24, 2.45) is 0 Å². The van der Waals surface area contributed by atoms with Crippen LogP contribution < -0.4 is 5.56 Å². The number of hydrogen-bond donors (Lipinski definition) is 0. The maximum atomic E-state index is 14.0. The van der Waals surface area contributed by atoms with E-state index in [1.165, 1.54) is 41.5 Å². The normalized spacial score (nSPS) is 17.0. The number of thiophene rings is 1. The number of benzene rings is 1. The number of carbonyl (C=O) groups excluding carboxylic acids is 1. The monoisotopic (exact) mass is 509 g/mol. The van der Waals surface area contributed by atoms with Gasteiger partial charge < -0.3 is 4.90 Å². The summed E-state index contributed by atoms with van der Waals surface area (Å²) in [6, 6.07) is 6.53. The van der Waals surface area contributed by atoms with E-state index < -0.39 is 0 Å². The summed E-state index contributed by atoms with van der Waals surface area (Å²) in [7, 11) is 0. The maximum Gasteiger partial charge on any atom is 0.267 e. The second-order valence-corrected chi connectivity index (χ2v) is 12.4. The molecule has 0 saturated heterocycles. The van der Waals surface area contributed by atoms with Gasteiger partial charge in [0, 0.05) is 17.5 Å². The van der Waals surface area contributed by atoms with Crippen molar-refractivity contribution in [2.75, 3.05) is 6.54 Å². The highest BCUT2D eigenvalue weighted by Gasteiger charge is 2.30. The summed E-state index contributed by atoms with van der Waals surface area (Å²) in [6.07, 6.45) is 8.94. The molecule has 0 aliphatic heterocycles. The Morgan fingerprint density at radius 3 is 2.71 bits per heavy atom. The van der Waals surface area contributed by atoms with Gasteiger partial charge in [-0.05, 0) is 82.6 Å². The number of carbonyl (C=O) groups is 1. The molecule has 5 nitrogen and oxygen atoms in total. The minimum absolute atomic E-state index is 0.00452. The molecule has 7 heteroatoms. The molecule has 0 N–H and O–H groups in total. The van der Waals surface area contributed by atoms with E-state index in [9.17, 15) is 9.59 Å². The molecule has 0 unspecified atom stereocenters. The van der Waals surface area contributed by atoms with Crippen LogP contribution in [-0.2, 0) is 17.6 Å². The predicted octanol–water partition coefficient (Wildman–Crippen LogP) is 6.21. The number of amides is 1. The van der Waals surface area contributed by atoms with Crippen molar-refractivity contribution in [1.82, 2.24) is 14.5 Å². The Balaban J connectivity index is 1.58. The van der Waals surface area contributed by atoms with Gasteiger partial charge in [-0.25, -0.2) is 4.98 Å². The van der Waals surface area contributed by atoms with E-state index in [2.05, 4.69) is 30.0 Å². The lowest BCUT2D eigenvalue weighted by atomic mass is 9.94. The predicted molar refractivity (Wildman–Crippen MR) is 146 cm³/mol. The van der Waals surface area contributed by atoms with Crippen LogP contribution in [0.5, 0.6) is 0 Å². The summed E-state index contributed by atoms with van der Waals surface area (Å²) in [6.45, 7) is 8.85. The fraction of sp³-hybridized carbons (Fsp3) is 0.536. The summed E-state index contributed by atoms with van der Waals surface area (Å²) in [5, 5.41) is 1.09. The topological polar surface area (TPSA) is 55.2 Å². The third-order valence-electron chi connectivity index (χ3n) is 7.58. The van der Waals surface area contributed by atoms with Crippen LogP contribution in [0.2, 0.25) is 0 Å². The van der Waals surface area contributed by atoms with Crippen molar-refractivity contribution in [1.29, 1.82) is 0 Å². The molecule has 1 saturated carbocycles. The zero-order chi connectivity index (χ0) is 24.7. The number of aryl methyl sites for hydroxylation is 4. The standard InChI is InChI=1S/C28H35N3O2S2/c1-5-30(20-10-7-6-8-11-20)26(32)19(4)34-28-29-25-24(21-12-9-13-23(21)35-25)27(33)31(28)22-16-17(2)14-15-18(22)3/h14-16,19-20H,5-13H2,1-4H3/t19-/m1/s1. The highest BCUT2D eigenvalue weighted by Crippen LogP contribution is 2.37. The van der Waals surface area contributed by atoms with E-state index in [1.54, 1.807) is 15.9 Å². The Labute approximate surface area is 215 Å². The third kappa shape index (κ3) is 4.57. The van der Waals surface area contributed by atoms with Gasteiger partial charge in [-0.2, -0.15) is 0 Å². The molecule has 1 fully saturated rings. The first kappa shape index (κ1) is 24.6. The van der Waals surface area contributed by atoms with Gasteiger partial charge in [-0.3, -0.25) is 14.2 Å². The Morgan fingerprint density at radius 2 is 1.97 bits per heavy atom. The van der Waals surface area contributed by atoms with E-state index in [1.807, 2.05) is 20.8 Å². The minimum Gasteiger partial charge on any atom is -0.339 e. The van der Waals surface area contributed by atoms with Crippen LogP contribution >= 0.6 is 23.1 Å². The molecule has 35 heavy (non-hydrogen) atoms. The number of fused-ring (bicyclic) bond motifs is 3. The van der Waals surface area contributed by atoms with Gasteiger partial charge in [0.05, 0.1) is 16.3 Å². The van der Waals surface area contributed by atoms with E-state index >= 15 is 0 Å². The quantitative estimate of drug-likeness (QED) is 0.293. The molecule has 1 atom stereocenters. The van der Waals surface area contributed by atoms with Crippen molar-refractivity contribution in [3.63, 3.8) is 0 Å². The lowest BCUT2D eigenvalue weighted by Crippen LogP contribution is -2.44. The summed E-state index contributed by atoms with van der Waals surface area (Å²) < 4.78 is 1.78. The van der Waals surface area contributed by atoms with Gasteiger partial charge in [0.15, 0.2) is 5.16 Å². The highest BCUT2D eigenvalue weighted by atomic mass is 32.2. The molecule has 0 spiro atoms. The molecular formula is C28H35N3O2S2. The van der Waals surface area contributed by atoms with Crippen molar-refractivity contribution in [3.8, 4) is 5.69 Å². The zero-order valence-electron chi connectivity index (χ0n) is 21.2.